The van der Waals surface area contributed by atoms with Crippen LogP contribution in [0.3, 0.4) is 0 Å². The van der Waals surface area contributed by atoms with Crippen LogP contribution in [-0.2, 0) is 6.42 Å². The van der Waals surface area contributed by atoms with E-state index in [1.165, 1.54) is 11.3 Å². The molecule has 148 valence electrons. The molecule has 2 aromatic carbocycles. The summed E-state index contributed by atoms with van der Waals surface area (Å²) in [6.07, 6.45) is 0.404. The van der Waals surface area contributed by atoms with E-state index in [1.807, 2.05) is 67.8 Å². The van der Waals surface area contributed by atoms with Crippen molar-refractivity contribution in [1.29, 1.82) is 0 Å². The van der Waals surface area contributed by atoms with Gasteiger partial charge in [-0.3, -0.25) is 0 Å². The van der Waals surface area contributed by atoms with Crippen LogP contribution in [0.2, 0.25) is 0 Å². The van der Waals surface area contributed by atoms with Crippen LogP contribution in [-0.4, -0.2) is 15.1 Å². The lowest BCUT2D eigenvalue weighted by Crippen LogP contribution is -2.03. The first-order valence-electron chi connectivity index (χ1n) is 9.45. The first-order valence-corrected chi connectivity index (χ1v) is 10.3. The van der Waals surface area contributed by atoms with Gasteiger partial charge in [0.2, 0.25) is 11.7 Å². The van der Waals surface area contributed by atoms with Crippen molar-refractivity contribution in [2.45, 2.75) is 20.3 Å². The van der Waals surface area contributed by atoms with Crippen molar-refractivity contribution in [3.8, 4) is 22.6 Å². The second-order valence-corrected chi connectivity index (χ2v) is 8.07. The van der Waals surface area contributed by atoms with Crippen molar-refractivity contribution in [3.05, 3.63) is 86.4 Å². The van der Waals surface area contributed by atoms with E-state index < -0.39 is 5.63 Å². The summed E-state index contributed by atoms with van der Waals surface area (Å²) in [7, 11) is 0. The Kier molecular flexibility index (Phi) is 4.52. The van der Waals surface area contributed by atoms with E-state index in [0.717, 1.165) is 27.1 Å². The zero-order valence-corrected chi connectivity index (χ0v) is 17.2. The second-order valence-electron chi connectivity index (χ2n) is 7.13. The van der Waals surface area contributed by atoms with Crippen LogP contribution in [0.15, 0.2) is 67.6 Å². The van der Waals surface area contributed by atoms with Crippen molar-refractivity contribution in [2.75, 3.05) is 0 Å². The van der Waals surface area contributed by atoms with Gasteiger partial charge >= 0.3 is 5.63 Å². The first-order chi connectivity index (χ1) is 14.6. The molecule has 0 atom stereocenters. The Bertz CT molecular complexity index is 1430. The van der Waals surface area contributed by atoms with E-state index in [2.05, 4.69) is 15.1 Å². The van der Waals surface area contributed by atoms with Crippen LogP contribution < -0.4 is 5.63 Å². The van der Waals surface area contributed by atoms with E-state index in [4.69, 9.17) is 8.94 Å². The summed E-state index contributed by atoms with van der Waals surface area (Å²) in [6.45, 7) is 3.94. The standard InChI is InChI=1S/C23H17N3O3S/c1-13-5-3-8-16(9-13)22-25-19(29-26-22)11-20-24-18(12-30-20)17-10-15-7-4-6-14(2)21(15)28-23(17)27/h3-10,12H,11H2,1-2H3. The quantitative estimate of drug-likeness (QED) is 0.377. The zero-order chi connectivity index (χ0) is 20.7. The summed E-state index contributed by atoms with van der Waals surface area (Å²) in [5.74, 6) is 1.03. The average Bonchev–Trinajstić information content (AvgIpc) is 3.38. The molecular weight excluding hydrogens is 398 g/mol. The molecule has 3 heterocycles. The highest BCUT2D eigenvalue weighted by molar-refractivity contribution is 7.10. The lowest BCUT2D eigenvalue weighted by Gasteiger charge is -2.02. The lowest BCUT2D eigenvalue weighted by molar-refractivity contribution is 0.385. The fraction of sp³-hybridized carbons (Fsp3) is 0.130. The first kappa shape index (κ1) is 18.4. The summed E-state index contributed by atoms with van der Waals surface area (Å²) in [5, 5.41) is 7.58. The number of benzene rings is 2. The molecule has 0 fully saturated rings. The Hall–Kier alpha value is -3.58. The van der Waals surface area contributed by atoms with E-state index in [1.54, 1.807) is 0 Å². The summed E-state index contributed by atoms with van der Waals surface area (Å²) in [5.41, 5.74) is 4.22. The van der Waals surface area contributed by atoms with Gasteiger partial charge in [-0.1, -0.05) is 47.1 Å². The van der Waals surface area contributed by atoms with Crippen LogP contribution in [0.5, 0.6) is 0 Å². The maximum atomic E-state index is 12.5. The van der Waals surface area contributed by atoms with Gasteiger partial charge in [-0.05, 0) is 31.5 Å². The van der Waals surface area contributed by atoms with Gasteiger partial charge in [-0.2, -0.15) is 4.98 Å². The number of hydrogen-bond donors (Lipinski definition) is 0. The van der Waals surface area contributed by atoms with Gasteiger partial charge in [0.1, 0.15) is 10.6 Å². The molecule has 0 aliphatic carbocycles. The minimum Gasteiger partial charge on any atom is -0.422 e. The van der Waals surface area contributed by atoms with Crippen molar-refractivity contribution in [3.63, 3.8) is 0 Å². The molecular formula is C23H17N3O3S. The van der Waals surface area contributed by atoms with Gasteiger partial charge in [0, 0.05) is 16.3 Å². The van der Waals surface area contributed by atoms with Crippen molar-refractivity contribution < 1.29 is 8.94 Å². The topological polar surface area (TPSA) is 82.0 Å². The Morgan fingerprint density at radius 3 is 2.77 bits per heavy atom. The van der Waals surface area contributed by atoms with Gasteiger partial charge in [0.05, 0.1) is 17.7 Å². The Morgan fingerprint density at radius 1 is 1.03 bits per heavy atom. The number of thiazole rings is 1. The molecule has 0 radical (unpaired) electrons. The summed E-state index contributed by atoms with van der Waals surface area (Å²) in [4.78, 5) is 21.6. The number of hydrogen-bond acceptors (Lipinski definition) is 7. The predicted molar refractivity (Wildman–Crippen MR) is 116 cm³/mol. The molecule has 5 aromatic rings. The minimum absolute atomic E-state index is 0.395. The molecule has 0 N–H and O–H groups in total. The third-order valence-electron chi connectivity index (χ3n) is 4.83. The molecule has 6 nitrogen and oxygen atoms in total. The van der Waals surface area contributed by atoms with E-state index in [0.29, 0.717) is 35.0 Å². The number of rotatable bonds is 4. The summed E-state index contributed by atoms with van der Waals surface area (Å²) < 4.78 is 10.9. The lowest BCUT2D eigenvalue weighted by atomic mass is 10.1. The minimum atomic E-state index is -0.395. The van der Waals surface area contributed by atoms with Crippen LogP contribution in [0.25, 0.3) is 33.6 Å². The molecule has 0 saturated carbocycles. The molecule has 30 heavy (non-hydrogen) atoms. The van der Waals surface area contributed by atoms with Crippen LogP contribution >= 0.6 is 11.3 Å². The highest BCUT2D eigenvalue weighted by Crippen LogP contribution is 2.26. The van der Waals surface area contributed by atoms with Crippen molar-refractivity contribution >= 4 is 22.3 Å². The molecule has 0 saturated heterocycles. The van der Waals surface area contributed by atoms with Gasteiger partial charge in [-0.25, -0.2) is 9.78 Å². The van der Waals surface area contributed by atoms with Crippen LogP contribution in [0.4, 0.5) is 0 Å². The highest BCUT2D eigenvalue weighted by Gasteiger charge is 2.15. The molecule has 7 heteroatoms. The number of aryl methyl sites for hydroxylation is 2. The van der Waals surface area contributed by atoms with Gasteiger partial charge < -0.3 is 8.94 Å². The van der Waals surface area contributed by atoms with E-state index in [-0.39, 0.29) is 0 Å². The molecule has 0 bridgehead atoms. The number of nitrogens with zero attached hydrogens (tertiary/aromatic N) is 3. The van der Waals surface area contributed by atoms with E-state index >= 15 is 0 Å². The molecule has 0 spiro atoms. The summed E-state index contributed by atoms with van der Waals surface area (Å²) in [6, 6.07) is 15.6. The molecule has 0 amide bonds. The van der Waals surface area contributed by atoms with Crippen molar-refractivity contribution in [2.24, 2.45) is 0 Å². The third-order valence-corrected chi connectivity index (χ3v) is 5.68. The van der Waals surface area contributed by atoms with Gasteiger partial charge in [0.25, 0.3) is 0 Å². The fourth-order valence-corrected chi connectivity index (χ4v) is 4.13. The Morgan fingerprint density at radius 2 is 1.90 bits per heavy atom. The predicted octanol–water partition coefficient (Wildman–Crippen LogP) is 5.17. The smallest absolute Gasteiger partial charge is 0.345 e. The Labute approximate surface area is 175 Å². The SMILES string of the molecule is Cc1cccc(-c2noc(Cc3nc(-c4cc5cccc(C)c5oc4=O)cs3)n2)c1. The Balaban J connectivity index is 1.42. The monoisotopic (exact) mass is 415 g/mol. The molecule has 0 aliphatic heterocycles. The van der Waals surface area contributed by atoms with E-state index in [9.17, 15) is 4.79 Å². The number of aromatic nitrogens is 3. The largest absolute Gasteiger partial charge is 0.422 e. The molecule has 0 unspecified atom stereocenters. The maximum Gasteiger partial charge on any atom is 0.345 e. The second kappa shape index (κ2) is 7.35. The average molecular weight is 415 g/mol. The van der Waals surface area contributed by atoms with Gasteiger partial charge in [0.15, 0.2) is 0 Å². The zero-order valence-electron chi connectivity index (χ0n) is 16.4. The highest BCUT2D eigenvalue weighted by atomic mass is 32.1. The summed E-state index contributed by atoms with van der Waals surface area (Å²) >= 11 is 1.44. The van der Waals surface area contributed by atoms with Crippen LogP contribution in [0.1, 0.15) is 22.0 Å². The maximum absolute atomic E-state index is 12.5. The number of para-hydroxylation sites is 1. The molecule has 0 aliphatic rings. The van der Waals surface area contributed by atoms with Gasteiger partial charge in [-0.15, -0.1) is 11.3 Å². The van der Waals surface area contributed by atoms with Crippen LogP contribution in [0, 0.1) is 13.8 Å². The number of fused-ring (bicyclic) bond motifs is 1. The molecule has 3 aromatic heterocycles. The van der Waals surface area contributed by atoms with Crippen molar-refractivity contribution in [1.82, 2.24) is 15.1 Å². The third kappa shape index (κ3) is 3.44. The normalized spacial score (nSPS) is 11.3. The fourth-order valence-electron chi connectivity index (χ4n) is 3.34. The molecule has 5 rings (SSSR count).